The molecule has 0 radical (unpaired) electrons. The molecule has 0 spiro atoms. The lowest BCUT2D eigenvalue weighted by atomic mass is 9.94. The van der Waals surface area contributed by atoms with Gasteiger partial charge in [0.2, 0.25) is 0 Å². The van der Waals surface area contributed by atoms with Crippen LogP contribution in [-0.4, -0.2) is 4.98 Å². The van der Waals surface area contributed by atoms with E-state index in [-0.39, 0.29) is 0 Å². The van der Waals surface area contributed by atoms with Gasteiger partial charge < -0.3 is 0 Å². The Bertz CT molecular complexity index is 2120. The molecule has 2 heteroatoms. The Kier molecular flexibility index (Phi) is 5.72. The zero-order chi connectivity index (χ0) is 27.2. The minimum absolute atomic E-state index is 0.980. The van der Waals surface area contributed by atoms with E-state index < -0.39 is 0 Å². The maximum absolute atomic E-state index is 5.28. The quantitative estimate of drug-likeness (QED) is 0.217. The van der Waals surface area contributed by atoms with E-state index >= 15 is 0 Å². The molecule has 41 heavy (non-hydrogen) atoms. The van der Waals surface area contributed by atoms with Crippen molar-refractivity contribution < 1.29 is 0 Å². The molecule has 0 bridgehead atoms. The van der Waals surface area contributed by atoms with Crippen LogP contribution >= 0.6 is 11.3 Å². The first-order valence-corrected chi connectivity index (χ1v) is 14.7. The summed E-state index contributed by atoms with van der Waals surface area (Å²) in [6.45, 7) is 0. The fourth-order valence-corrected chi connectivity index (χ4v) is 7.24. The Labute approximate surface area is 243 Å². The second kappa shape index (κ2) is 9.85. The molecule has 0 amide bonds. The maximum atomic E-state index is 5.28. The van der Waals surface area contributed by atoms with Crippen molar-refractivity contribution in [3.63, 3.8) is 0 Å². The zero-order valence-corrected chi connectivity index (χ0v) is 23.1. The molecule has 0 N–H and O–H groups in total. The van der Waals surface area contributed by atoms with Crippen molar-refractivity contribution in [3.05, 3.63) is 152 Å². The summed E-state index contributed by atoms with van der Waals surface area (Å²) in [6.07, 6.45) is 0. The number of hydrogen-bond acceptors (Lipinski definition) is 2. The number of pyridine rings is 1. The first-order valence-electron chi connectivity index (χ1n) is 13.9. The number of hydrogen-bond donors (Lipinski definition) is 0. The third-order valence-electron chi connectivity index (χ3n) is 7.87. The highest BCUT2D eigenvalue weighted by molar-refractivity contribution is 7.26. The molecule has 0 aliphatic rings. The van der Waals surface area contributed by atoms with E-state index in [2.05, 4.69) is 152 Å². The molecule has 0 aliphatic carbocycles. The second-order valence-electron chi connectivity index (χ2n) is 10.4. The number of benzene rings is 6. The first kappa shape index (κ1) is 23.8. The van der Waals surface area contributed by atoms with Crippen LogP contribution in [0.15, 0.2) is 152 Å². The van der Waals surface area contributed by atoms with E-state index in [1.807, 2.05) is 11.3 Å². The predicted octanol–water partition coefficient (Wildman–Crippen LogP) is 11.3. The molecule has 0 saturated carbocycles. The van der Waals surface area contributed by atoms with Crippen molar-refractivity contribution in [2.75, 3.05) is 0 Å². The molecule has 0 atom stereocenters. The van der Waals surface area contributed by atoms with Crippen LogP contribution in [0.25, 0.3) is 75.7 Å². The van der Waals surface area contributed by atoms with Crippen molar-refractivity contribution in [2.24, 2.45) is 0 Å². The highest BCUT2D eigenvalue weighted by atomic mass is 32.1. The minimum atomic E-state index is 0.980. The lowest BCUT2D eigenvalue weighted by Crippen LogP contribution is -1.92. The largest absolute Gasteiger partial charge is 0.248 e. The molecule has 0 unspecified atom stereocenters. The smallest absolute Gasteiger partial charge is 0.0722 e. The lowest BCUT2D eigenvalue weighted by Gasteiger charge is -2.13. The summed E-state index contributed by atoms with van der Waals surface area (Å²) in [6, 6.07) is 54.1. The molecule has 2 heterocycles. The molecule has 0 fully saturated rings. The van der Waals surface area contributed by atoms with Crippen LogP contribution in [0.4, 0.5) is 0 Å². The Morgan fingerprint density at radius 1 is 0.390 bits per heavy atom. The average Bonchev–Trinajstić information content (AvgIpc) is 3.44. The SMILES string of the molecule is c1ccc(-c2cc(-c3ccccc3)nc(-c3cc4sc5c(-c6ccccc6)cccc5c4c4ccccc34)c2)cc1. The van der Waals surface area contributed by atoms with E-state index in [1.165, 1.54) is 53.2 Å². The van der Waals surface area contributed by atoms with Gasteiger partial charge in [-0.05, 0) is 51.2 Å². The van der Waals surface area contributed by atoms with Gasteiger partial charge in [0.1, 0.15) is 0 Å². The molecule has 0 saturated heterocycles. The Balaban J connectivity index is 1.43. The van der Waals surface area contributed by atoms with E-state index in [4.69, 9.17) is 4.98 Å². The highest BCUT2D eigenvalue weighted by Gasteiger charge is 2.17. The number of nitrogens with zero attached hydrogens (tertiary/aromatic N) is 1. The number of thiophene rings is 1. The molecule has 192 valence electrons. The fraction of sp³-hybridized carbons (Fsp3) is 0. The van der Waals surface area contributed by atoms with Crippen molar-refractivity contribution in [2.45, 2.75) is 0 Å². The summed E-state index contributed by atoms with van der Waals surface area (Å²) in [5.74, 6) is 0. The maximum Gasteiger partial charge on any atom is 0.0722 e. The van der Waals surface area contributed by atoms with Gasteiger partial charge in [0, 0.05) is 31.3 Å². The number of aromatic nitrogens is 1. The normalized spacial score (nSPS) is 11.4. The summed E-state index contributed by atoms with van der Waals surface area (Å²) < 4.78 is 2.61. The monoisotopic (exact) mass is 539 g/mol. The van der Waals surface area contributed by atoms with Crippen molar-refractivity contribution in [1.29, 1.82) is 0 Å². The van der Waals surface area contributed by atoms with Gasteiger partial charge in [-0.1, -0.05) is 133 Å². The van der Waals surface area contributed by atoms with E-state index in [1.54, 1.807) is 0 Å². The van der Waals surface area contributed by atoms with Crippen molar-refractivity contribution >= 4 is 42.3 Å². The second-order valence-corrected chi connectivity index (χ2v) is 11.4. The molecule has 1 nitrogen and oxygen atoms in total. The molecule has 8 rings (SSSR count). The molecular formula is C39H25NS. The number of fused-ring (bicyclic) bond motifs is 5. The molecule has 2 aromatic heterocycles. The Hall–Kier alpha value is -5.05. The van der Waals surface area contributed by atoms with Crippen LogP contribution in [0.3, 0.4) is 0 Å². The first-order chi connectivity index (χ1) is 20.3. The van der Waals surface area contributed by atoms with Gasteiger partial charge in [-0.3, -0.25) is 0 Å². The Morgan fingerprint density at radius 2 is 0.976 bits per heavy atom. The van der Waals surface area contributed by atoms with Gasteiger partial charge in [-0.15, -0.1) is 11.3 Å². The summed E-state index contributed by atoms with van der Waals surface area (Å²) >= 11 is 1.88. The summed E-state index contributed by atoms with van der Waals surface area (Å²) in [5.41, 5.74) is 9.14. The van der Waals surface area contributed by atoms with Crippen molar-refractivity contribution in [3.8, 4) is 44.8 Å². The standard InChI is InChI=1S/C39H25NS/c1-4-13-26(14-5-1)29-23-35(28-17-8-3-9-18-28)40-36(24-29)34-25-37-38(32-20-11-10-19-31(32)34)33-22-12-21-30(39(33)41-37)27-15-6-2-7-16-27/h1-25H. The van der Waals surface area contributed by atoms with Gasteiger partial charge in [0.05, 0.1) is 11.4 Å². The summed E-state index contributed by atoms with van der Waals surface area (Å²) in [7, 11) is 0. The minimum Gasteiger partial charge on any atom is -0.248 e. The number of rotatable bonds is 4. The van der Waals surface area contributed by atoms with Gasteiger partial charge in [-0.25, -0.2) is 4.98 Å². The zero-order valence-electron chi connectivity index (χ0n) is 22.3. The predicted molar refractivity (Wildman–Crippen MR) is 176 cm³/mol. The average molecular weight is 540 g/mol. The van der Waals surface area contributed by atoms with Gasteiger partial charge in [0.25, 0.3) is 0 Å². The molecule has 6 aromatic carbocycles. The van der Waals surface area contributed by atoms with E-state index in [9.17, 15) is 0 Å². The van der Waals surface area contributed by atoms with Crippen LogP contribution in [0.2, 0.25) is 0 Å². The molecule has 0 aliphatic heterocycles. The van der Waals surface area contributed by atoms with Crippen molar-refractivity contribution in [1.82, 2.24) is 4.98 Å². The fourth-order valence-electron chi connectivity index (χ4n) is 5.94. The third-order valence-corrected chi connectivity index (χ3v) is 9.05. The van der Waals surface area contributed by atoms with E-state index in [0.717, 1.165) is 22.5 Å². The van der Waals surface area contributed by atoms with Crippen LogP contribution in [-0.2, 0) is 0 Å². The summed E-state index contributed by atoms with van der Waals surface area (Å²) in [4.78, 5) is 5.28. The lowest BCUT2D eigenvalue weighted by molar-refractivity contribution is 1.33. The van der Waals surface area contributed by atoms with Gasteiger partial charge in [-0.2, -0.15) is 0 Å². The van der Waals surface area contributed by atoms with Gasteiger partial charge in [0.15, 0.2) is 0 Å². The Morgan fingerprint density at radius 3 is 1.71 bits per heavy atom. The van der Waals surface area contributed by atoms with E-state index in [0.29, 0.717) is 0 Å². The highest BCUT2D eigenvalue weighted by Crippen LogP contribution is 2.45. The van der Waals surface area contributed by atoms with Crippen LogP contribution < -0.4 is 0 Å². The van der Waals surface area contributed by atoms with Crippen LogP contribution in [0.5, 0.6) is 0 Å². The van der Waals surface area contributed by atoms with Gasteiger partial charge >= 0.3 is 0 Å². The topological polar surface area (TPSA) is 12.9 Å². The summed E-state index contributed by atoms with van der Waals surface area (Å²) in [5, 5.41) is 5.13. The van der Waals surface area contributed by atoms with Crippen LogP contribution in [0, 0.1) is 0 Å². The third kappa shape index (κ3) is 4.12. The molecular weight excluding hydrogens is 515 g/mol. The van der Waals surface area contributed by atoms with Crippen LogP contribution in [0.1, 0.15) is 0 Å². The molecule has 8 aromatic rings.